The quantitative estimate of drug-likeness (QED) is 0.926. The van der Waals surface area contributed by atoms with Gasteiger partial charge in [-0.05, 0) is 31.2 Å². The van der Waals surface area contributed by atoms with E-state index in [1.807, 2.05) is 45.0 Å². The molecule has 0 atom stereocenters. The summed E-state index contributed by atoms with van der Waals surface area (Å²) in [7, 11) is 0. The fourth-order valence-electron chi connectivity index (χ4n) is 1.50. The second kappa shape index (κ2) is 5.57. The lowest BCUT2D eigenvalue weighted by molar-refractivity contribution is 0.453. The topological polar surface area (TPSA) is 61.0 Å². The molecular formula is C14H16BrN3O. The number of ether oxygens (including phenoxy) is 1. The summed E-state index contributed by atoms with van der Waals surface area (Å²) in [5.74, 6) is 2.59. The molecule has 0 saturated heterocycles. The highest BCUT2D eigenvalue weighted by atomic mass is 79.9. The molecule has 0 unspecified atom stereocenters. The summed E-state index contributed by atoms with van der Waals surface area (Å²) in [5.41, 5.74) is 6.66. The Morgan fingerprint density at radius 1 is 1.16 bits per heavy atom. The van der Waals surface area contributed by atoms with Crippen molar-refractivity contribution in [3.05, 3.63) is 40.1 Å². The van der Waals surface area contributed by atoms with Crippen LogP contribution in [-0.2, 0) is 0 Å². The van der Waals surface area contributed by atoms with Gasteiger partial charge >= 0.3 is 0 Å². The van der Waals surface area contributed by atoms with Crippen LogP contribution in [0.15, 0.2) is 28.7 Å². The molecular weight excluding hydrogens is 306 g/mol. The summed E-state index contributed by atoms with van der Waals surface area (Å²) in [6.45, 7) is 5.90. The van der Waals surface area contributed by atoms with Gasteiger partial charge in [0.25, 0.3) is 0 Å². The first kappa shape index (κ1) is 13.8. The number of nitrogens with two attached hydrogens (primary N) is 1. The van der Waals surface area contributed by atoms with Gasteiger partial charge < -0.3 is 10.5 Å². The zero-order chi connectivity index (χ0) is 14.0. The first-order chi connectivity index (χ1) is 8.97. The predicted molar refractivity (Wildman–Crippen MR) is 79.5 cm³/mol. The zero-order valence-corrected chi connectivity index (χ0v) is 12.7. The lowest BCUT2D eigenvalue weighted by Crippen LogP contribution is -2.06. The van der Waals surface area contributed by atoms with Crippen molar-refractivity contribution in [2.45, 2.75) is 26.7 Å². The fraction of sp³-hybridized carbons (Fsp3) is 0.286. The molecule has 0 fully saturated rings. The standard InChI is InChI=1S/C14H16BrN3O/c1-8(2)13-17-12(16)9(3)14(18-13)19-11-6-4-10(15)5-7-11/h4-8H,1-3H3,(H2,16,17,18). The monoisotopic (exact) mass is 321 g/mol. The first-order valence-electron chi connectivity index (χ1n) is 6.05. The molecule has 0 saturated carbocycles. The summed E-state index contributed by atoms with van der Waals surface area (Å²) in [4.78, 5) is 8.69. The third-order valence-corrected chi connectivity index (χ3v) is 3.23. The van der Waals surface area contributed by atoms with Crippen molar-refractivity contribution in [2.75, 3.05) is 5.73 Å². The molecule has 2 aromatic rings. The van der Waals surface area contributed by atoms with Gasteiger partial charge in [0.2, 0.25) is 5.88 Å². The Morgan fingerprint density at radius 2 is 1.79 bits per heavy atom. The number of anilines is 1. The number of benzene rings is 1. The number of hydrogen-bond acceptors (Lipinski definition) is 4. The number of nitrogens with zero attached hydrogens (tertiary/aromatic N) is 2. The van der Waals surface area contributed by atoms with E-state index in [-0.39, 0.29) is 5.92 Å². The molecule has 1 heterocycles. The Hall–Kier alpha value is -1.62. The van der Waals surface area contributed by atoms with E-state index < -0.39 is 0 Å². The molecule has 0 amide bonds. The van der Waals surface area contributed by atoms with Crippen molar-refractivity contribution in [1.29, 1.82) is 0 Å². The predicted octanol–water partition coefficient (Wildman–Crippen LogP) is 4.05. The highest BCUT2D eigenvalue weighted by molar-refractivity contribution is 9.10. The molecule has 0 radical (unpaired) electrons. The molecule has 0 aliphatic heterocycles. The van der Waals surface area contributed by atoms with E-state index in [9.17, 15) is 0 Å². The van der Waals surface area contributed by atoms with Crippen molar-refractivity contribution in [3.8, 4) is 11.6 Å². The normalized spacial score (nSPS) is 10.8. The van der Waals surface area contributed by atoms with Crippen LogP contribution in [0.2, 0.25) is 0 Å². The Kier molecular flexibility index (Phi) is 4.04. The van der Waals surface area contributed by atoms with Crippen molar-refractivity contribution in [2.24, 2.45) is 0 Å². The summed E-state index contributed by atoms with van der Waals surface area (Å²) in [6, 6.07) is 7.57. The van der Waals surface area contributed by atoms with Crippen molar-refractivity contribution in [3.63, 3.8) is 0 Å². The Bertz CT molecular complexity index is 582. The number of nitrogen functional groups attached to an aromatic ring is 1. The number of hydrogen-bond donors (Lipinski definition) is 1. The maximum Gasteiger partial charge on any atom is 0.227 e. The Labute approximate surface area is 121 Å². The van der Waals surface area contributed by atoms with E-state index >= 15 is 0 Å². The van der Waals surface area contributed by atoms with Crippen molar-refractivity contribution < 1.29 is 4.74 Å². The van der Waals surface area contributed by atoms with E-state index in [4.69, 9.17) is 10.5 Å². The molecule has 0 aliphatic carbocycles. The molecule has 2 N–H and O–H groups in total. The van der Waals surface area contributed by atoms with E-state index in [0.29, 0.717) is 17.5 Å². The SMILES string of the molecule is Cc1c(N)nc(C(C)C)nc1Oc1ccc(Br)cc1. The van der Waals surface area contributed by atoms with Crippen LogP contribution in [0.1, 0.15) is 31.2 Å². The maximum atomic E-state index is 5.90. The maximum absolute atomic E-state index is 5.90. The Morgan fingerprint density at radius 3 is 2.37 bits per heavy atom. The van der Waals surface area contributed by atoms with Crippen LogP contribution >= 0.6 is 15.9 Å². The highest BCUT2D eigenvalue weighted by Gasteiger charge is 2.13. The average Bonchev–Trinajstić information content (AvgIpc) is 2.37. The summed E-state index contributed by atoms with van der Waals surface area (Å²) in [6.07, 6.45) is 0. The fourth-order valence-corrected chi connectivity index (χ4v) is 1.77. The first-order valence-corrected chi connectivity index (χ1v) is 6.84. The van der Waals surface area contributed by atoms with Gasteiger partial charge in [0.15, 0.2) is 0 Å². The lowest BCUT2D eigenvalue weighted by atomic mass is 10.2. The second-order valence-corrected chi connectivity index (χ2v) is 5.52. The van der Waals surface area contributed by atoms with Crippen molar-refractivity contribution in [1.82, 2.24) is 9.97 Å². The number of halogens is 1. The number of aromatic nitrogens is 2. The van der Waals surface area contributed by atoms with Crippen LogP contribution in [0.5, 0.6) is 11.6 Å². The molecule has 5 heteroatoms. The van der Waals surface area contributed by atoms with Crippen LogP contribution in [0.3, 0.4) is 0 Å². The van der Waals surface area contributed by atoms with E-state index in [0.717, 1.165) is 15.8 Å². The van der Waals surface area contributed by atoms with Gasteiger partial charge in [0, 0.05) is 10.4 Å². The van der Waals surface area contributed by atoms with Crippen LogP contribution < -0.4 is 10.5 Å². The van der Waals surface area contributed by atoms with Gasteiger partial charge in [-0.3, -0.25) is 0 Å². The van der Waals surface area contributed by atoms with Gasteiger partial charge in [0.05, 0.1) is 5.56 Å². The van der Waals surface area contributed by atoms with E-state index in [1.54, 1.807) is 0 Å². The minimum Gasteiger partial charge on any atom is -0.439 e. The molecule has 0 bridgehead atoms. The van der Waals surface area contributed by atoms with Gasteiger partial charge in [0.1, 0.15) is 17.4 Å². The summed E-state index contributed by atoms with van der Waals surface area (Å²) >= 11 is 3.39. The third kappa shape index (κ3) is 3.23. The molecule has 1 aromatic carbocycles. The molecule has 100 valence electrons. The molecule has 1 aromatic heterocycles. The molecule has 0 aliphatic rings. The lowest BCUT2D eigenvalue weighted by Gasteiger charge is -2.12. The van der Waals surface area contributed by atoms with E-state index in [1.165, 1.54) is 0 Å². The van der Waals surface area contributed by atoms with Crippen molar-refractivity contribution >= 4 is 21.7 Å². The second-order valence-electron chi connectivity index (χ2n) is 4.61. The molecule has 2 rings (SSSR count). The summed E-state index contributed by atoms with van der Waals surface area (Å²) in [5, 5.41) is 0. The largest absolute Gasteiger partial charge is 0.439 e. The van der Waals surface area contributed by atoms with Gasteiger partial charge in [-0.1, -0.05) is 29.8 Å². The molecule has 0 spiro atoms. The van der Waals surface area contributed by atoms with Gasteiger partial charge in [-0.15, -0.1) is 0 Å². The average molecular weight is 322 g/mol. The minimum absolute atomic E-state index is 0.204. The van der Waals surface area contributed by atoms with E-state index in [2.05, 4.69) is 25.9 Å². The van der Waals surface area contributed by atoms with Crippen LogP contribution in [-0.4, -0.2) is 9.97 Å². The highest BCUT2D eigenvalue weighted by Crippen LogP contribution is 2.28. The summed E-state index contributed by atoms with van der Waals surface area (Å²) < 4.78 is 6.79. The molecule has 4 nitrogen and oxygen atoms in total. The van der Waals surface area contributed by atoms with Gasteiger partial charge in [-0.2, -0.15) is 4.98 Å². The molecule has 19 heavy (non-hydrogen) atoms. The van der Waals surface area contributed by atoms with Crippen LogP contribution in [0.4, 0.5) is 5.82 Å². The smallest absolute Gasteiger partial charge is 0.227 e. The number of rotatable bonds is 3. The van der Waals surface area contributed by atoms with Gasteiger partial charge in [-0.25, -0.2) is 4.98 Å². The zero-order valence-electron chi connectivity index (χ0n) is 11.1. The Balaban J connectivity index is 2.36. The third-order valence-electron chi connectivity index (χ3n) is 2.70. The minimum atomic E-state index is 0.204. The van der Waals surface area contributed by atoms with Crippen LogP contribution in [0.25, 0.3) is 0 Å². The van der Waals surface area contributed by atoms with Crippen LogP contribution in [0, 0.1) is 6.92 Å².